The molecule has 1 aromatic carbocycles. The van der Waals surface area contributed by atoms with Gasteiger partial charge < -0.3 is 9.64 Å². The number of rotatable bonds is 5. The van der Waals surface area contributed by atoms with E-state index in [0.29, 0.717) is 54.8 Å². The lowest BCUT2D eigenvalue weighted by atomic mass is 10.3. The molecule has 0 spiro atoms. The van der Waals surface area contributed by atoms with Gasteiger partial charge in [-0.25, -0.2) is 8.42 Å². The average Bonchev–Trinajstić information content (AvgIpc) is 2.73. The van der Waals surface area contributed by atoms with Crippen LogP contribution in [0.3, 0.4) is 0 Å². The van der Waals surface area contributed by atoms with Crippen molar-refractivity contribution in [2.45, 2.75) is 19.3 Å². The largest absolute Gasteiger partial charge is 0.482 e. The monoisotopic (exact) mass is 420 g/mol. The van der Waals surface area contributed by atoms with Crippen molar-refractivity contribution >= 4 is 39.1 Å². The van der Waals surface area contributed by atoms with Crippen molar-refractivity contribution in [1.29, 1.82) is 0 Å². The molecule has 0 unspecified atom stereocenters. The van der Waals surface area contributed by atoms with E-state index in [-0.39, 0.29) is 12.5 Å². The van der Waals surface area contributed by atoms with Gasteiger partial charge in [0.15, 0.2) is 6.61 Å². The highest BCUT2D eigenvalue weighted by atomic mass is 35.5. The lowest BCUT2D eigenvalue weighted by Crippen LogP contribution is -2.37. The van der Waals surface area contributed by atoms with Crippen LogP contribution in [0.2, 0.25) is 10.0 Å². The highest BCUT2D eigenvalue weighted by Crippen LogP contribution is 2.27. The summed E-state index contributed by atoms with van der Waals surface area (Å²) in [7, 11) is -3.43. The van der Waals surface area contributed by atoms with Gasteiger partial charge in [-0.15, -0.1) is 0 Å². The molecule has 1 fully saturated rings. The molecule has 1 amide bonds. The zero-order chi connectivity index (χ0) is 19.2. The second-order valence-electron chi connectivity index (χ2n) is 5.92. The lowest BCUT2D eigenvalue weighted by Gasteiger charge is -2.22. The molecule has 1 aliphatic rings. The number of nitrogens with zero attached hydrogens (tertiary/aromatic N) is 2. The molecule has 0 atom stereocenters. The second kappa shape index (κ2) is 9.60. The molecule has 0 N–H and O–H groups in total. The number of carbonyl (C=O) groups is 1. The van der Waals surface area contributed by atoms with Gasteiger partial charge in [-0.05, 0) is 37.5 Å². The van der Waals surface area contributed by atoms with Gasteiger partial charge in [0, 0.05) is 36.6 Å². The van der Waals surface area contributed by atoms with Gasteiger partial charge in [-0.1, -0.05) is 29.8 Å². The maximum absolute atomic E-state index is 12.4. The molecule has 9 heteroatoms. The zero-order valence-corrected chi connectivity index (χ0v) is 16.7. The molecule has 2 rings (SSSR count). The van der Waals surface area contributed by atoms with Crippen LogP contribution >= 0.6 is 23.2 Å². The molecular formula is C17H22Cl2N2O4S. The molecule has 0 aromatic heterocycles. The number of halogens is 2. The summed E-state index contributed by atoms with van der Waals surface area (Å²) in [6.45, 7) is 5.08. The van der Waals surface area contributed by atoms with Crippen molar-refractivity contribution < 1.29 is 17.9 Å². The lowest BCUT2D eigenvalue weighted by molar-refractivity contribution is -0.133. The highest BCUT2D eigenvalue weighted by Gasteiger charge is 2.22. The summed E-state index contributed by atoms with van der Waals surface area (Å²) in [5.41, 5.74) is 0. The average molecular weight is 421 g/mol. The van der Waals surface area contributed by atoms with E-state index in [1.165, 1.54) is 4.31 Å². The first-order chi connectivity index (χ1) is 12.3. The first kappa shape index (κ1) is 21.0. The first-order valence-corrected chi connectivity index (χ1v) is 10.6. The van der Waals surface area contributed by atoms with Crippen LogP contribution in [-0.4, -0.2) is 56.3 Å². The van der Waals surface area contributed by atoms with Crippen LogP contribution in [0.5, 0.6) is 5.75 Å². The number of sulfonamides is 1. The number of benzene rings is 1. The van der Waals surface area contributed by atoms with Gasteiger partial charge in [0.25, 0.3) is 5.91 Å². The van der Waals surface area contributed by atoms with Crippen LogP contribution in [-0.2, 0) is 14.8 Å². The van der Waals surface area contributed by atoms with Crippen molar-refractivity contribution in [3.63, 3.8) is 0 Å². The maximum atomic E-state index is 12.4. The molecule has 144 valence electrons. The predicted octanol–water partition coefficient (Wildman–Crippen LogP) is 3.16. The quantitative estimate of drug-likeness (QED) is 0.733. The summed E-state index contributed by atoms with van der Waals surface area (Å²) < 4.78 is 30.8. The fourth-order valence-corrected chi connectivity index (χ4v) is 4.13. The molecule has 0 saturated carbocycles. The Morgan fingerprint density at radius 3 is 2.50 bits per heavy atom. The number of amides is 1. The summed E-state index contributed by atoms with van der Waals surface area (Å²) in [6.07, 6.45) is 1.96. The second-order valence-corrected chi connectivity index (χ2v) is 8.64. The smallest absolute Gasteiger partial charge is 0.260 e. The molecule has 0 aliphatic carbocycles. The van der Waals surface area contributed by atoms with Gasteiger partial charge in [-0.3, -0.25) is 4.79 Å². The minimum atomic E-state index is -3.43. The fourth-order valence-electron chi connectivity index (χ4n) is 2.68. The predicted molar refractivity (Wildman–Crippen MR) is 103 cm³/mol. The molecular weight excluding hydrogens is 399 g/mol. The van der Waals surface area contributed by atoms with E-state index < -0.39 is 10.0 Å². The van der Waals surface area contributed by atoms with Crippen LogP contribution in [0.25, 0.3) is 0 Å². The van der Waals surface area contributed by atoms with E-state index in [1.807, 2.05) is 0 Å². The Morgan fingerprint density at radius 2 is 1.81 bits per heavy atom. The van der Waals surface area contributed by atoms with E-state index in [2.05, 4.69) is 6.58 Å². The summed E-state index contributed by atoms with van der Waals surface area (Å²) in [5, 5.41) is 1.81. The van der Waals surface area contributed by atoms with Gasteiger partial charge in [-0.2, -0.15) is 4.31 Å². The molecule has 1 saturated heterocycles. The minimum absolute atomic E-state index is 0.129. The summed E-state index contributed by atoms with van der Waals surface area (Å²) in [5.74, 6) is 0.243. The summed E-state index contributed by atoms with van der Waals surface area (Å²) in [4.78, 5) is 14.1. The Balaban J connectivity index is 1.91. The van der Waals surface area contributed by atoms with Crippen LogP contribution in [0.4, 0.5) is 0 Å². The van der Waals surface area contributed by atoms with Crippen molar-refractivity contribution in [2.24, 2.45) is 0 Å². The van der Waals surface area contributed by atoms with Gasteiger partial charge in [0.05, 0.1) is 5.02 Å². The standard InChI is InChI=1S/C17H22Cl2N2O4S/c1-2-26(23,24)21-10-4-3-8-20(9-5-11-21)17(22)13-25-16-7-6-14(18)12-15(16)19/h2,6-7,12H,1,3-5,8-11,13H2. The van der Waals surface area contributed by atoms with E-state index in [0.717, 1.165) is 11.8 Å². The molecule has 1 aliphatic heterocycles. The zero-order valence-electron chi connectivity index (χ0n) is 14.4. The molecule has 0 bridgehead atoms. The fraction of sp³-hybridized carbons (Fsp3) is 0.471. The number of carbonyl (C=O) groups excluding carboxylic acids is 1. The molecule has 6 nitrogen and oxygen atoms in total. The molecule has 26 heavy (non-hydrogen) atoms. The molecule has 1 heterocycles. The Bertz CT molecular complexity index is 755. The van der Waals surface area contributed by atoms with Crippen LogP contribution in [0.1, 0.15) is 19.3 Å². The van der Waals surface area contributed by atoms with E-state index in [9.17, 15) is 13.2 Å². The molecule has 0 radical (unpaired) electrons. The third-order valence-electron chi connectivity index (χ3n) is 4.09. The van der Waals surface area contributed by atoms with Crippen molar-refractivity contribution in [2.75, 3.05) is 32.8 Å². The summed E-state index contributed by atoms with van der Waals surface area (Å²) in [6, 6.07) is 4.81. The Hall–Kier alpha value is -1.28. The van der Waals surface area contributed by atoms with Crippen molar-refractivity contribution in [1.82, 2.24) is 9.21 Å². The van der Waals surface area contributed by atoms with Gasteiger partial charge >= 0.3 is 0 Å². The number of ether oxygens (including phenoxy) is 1. The van der Waals surface area contributed by atoms with E-state index >= 15 is 0 Å². The van der Waals surface area contributed by atoms with Crippen LogP contribution in [0.15, 0.2) is 30.2 Å². The normalized spacial score (nSPS) is 17.1. The number of hydrogen-bond donors (Lipinski definition) is 0. The molecule has 1 aromatic rings. The highest BCUT2D eigenvalue weighted by molar-refractivity contribution is 7.92. The maximum Gasteiger partial charge on any atom is 0.260 e. The van der Waals surface area contributed by atoms with Crippen LogP contribution < -0.4 is 4.74 Å². The Morgan fingerprint density at radius 1 is 1.15 bits per heavy atom. The van der Waals surface area contributed by atoms with E-state index in [1.54, 1.807) is 23.1 Å². The first-order valence-electron chi connectivity index (χ1n) is 8.31. The summed E-state index contributed by atoms with van der Waals surface area (Å²) >= 11 is 11.9. The van der Waals surface area contributed by atoms with E-state index in [4.69, 9.17) is 27.9 Å². The topological polar surface area (TPSA) is 66.9 Å². The van der Waals surface area contributed by atoms with Crippen LogP contribution in [0, 0.1) is 0 Å². The Labute approximate surface area is 164 Å². The third kappa shape index (κ3) is 5.87. The SMILES string of the molecule is C=CS(=O)(=O)N1CCCCN(C(=O)COc2ccc(Cl)cc2Cl)CCC1. The van der Waals surface area contributed by atoms with Gasteiger partial charge in [0.1, 0.15) is 5.75 Å². The van der Waals surface area contributed by atoms with Gasteiger partial charge in [0.2, 0.25) is 10.0 Å². The minimum Gasteiger partial charge on any atom is -0.482 e. The number of hydrogen-bond acceptors (Lipinski definition) is 4. The van der Waals surface area contributed by atoms with Crippen molar-refractivity contribution in [3.05, 3.63) is 40.2 Å². The Kier molecular flexibility index (Phi) is 7.76. The van der Waals surface area contributed by atoms with Crippen molar-refractivity contribution in [3.8, 4) is 5.75 Å². The third-order valence-corrected chi connectivity index (χ3v) is 6.13.